The van der Waals surface area contributed by atoms with Crippen LogP contribution < -0.4 is 27.5 Å². The molecule has 6 N–H and O–H groups in total. The molecule has 0 bridgehead atoms. The van der Waals surface area contributed by atoms with E-state index in [0.717, 1.165) is 10.9 Å². The van der Waals surface area contributed by atoms with E-state index in [1.54, 1.807) is 41.3 Å². The number of halogens is 1. The zero-order chi connectivity index (χ0) is 25.2. The fourth-order valence-corrected chi connectivity index (χ4v) is 4.42. The average molecular weight is 489 g/mol. The van der Waals surface area contributed by atoms with Gasteiger partial charge in [0, 0.05) is 38.0 Å². The number of rotatable bonds is 5. The summed E-state index contributed by atoms with van der Waals surface area (Å²) in [7, 11) is 0. The summed E-state index contributed by atoms with van der Waals surface area (Å²) < 4.78 is 14.7. The number of nitrogens with one attached hydrogen (secondary N) is 2. The zero-order valence-corrected chi connectivity index (χ0v) is 19.4. The van der Waals surface area contributed by atoms with E-state index in [9.17, 15) is 14.0 Å². The molecule has 1 fully saturated rings. The lowest BCUT2D eigenvalue weighted by molar-refractivity contribution is 0.0741. The lowest BCUT2D eigenvalue weighted by Crippen LogP contribution is -2.49. The lowest BCUT2D eigenvalue weighted by atomic mass is 10.0. The monoisotopic (exact) mass is 488 g/mol. The highest BCUT2D eigenvalue weighted by Crippen LogP contribution is 2.23. The van der Waals surface area contributed by atoms with Gasteiger partial charge < -0.3 is 21.0 Å². The SMILES string of the molecule is NNc1ccc(N2CCN(C(=O)c3cc(Cc4n[nH]c(=O)c5ccccc45)ccc3F)CC2)nc1N. The number of nitrogens with two attached hydrogens (primary N) is 2. The number of benzene rings is 2. The lowest BCUT2D eigenvalue weighted by Gasteiger charge is -2.35. The Balaban J connectivity index is 1.32. The Morgan fingerprint density at radius 2 is 1.81 bits per heavy atom. The minimum atomic E-state index is -0.579. The predicted molar refractivity (Wildman–Crippen MR) is 136 cm³/mol. The first-order chi connectivity index (χ1) is 17.4. The van der Waals surface area contributed by atoms with Gasteiger partial charge in [-0.1, -0.05) is 24.3 Å². The van der Waals surface area contributed by atoms with E-state index in [1.807, 2.05) is 17.0 Å². The average Bonchev–Trinajstić information content (AvgIpc) is 2.91. The largest absolute Gasteiger partial charge is 0.382 e. The maximum absolute atomic E-state index is 14.7. The molecule has 0 spiro atoms. The van der Waals surface area contributed by atoms with Crippen molar-refractivity contribution in [1.82, 2.24) is 20.1 Å². The van der Waals surface area contributed by atoms with E-state index in [1.165, 1.54) is 6.07 Å². The molecule has 3 heterocycles. The molecule has 184 valence electrons. The number of pyridine rings is 1. The Bertz CT molecular complexity index is 1500. The minimum absolute atomic E-state index is 0.00965. The van der Waals surface area contributed by atoms with Crippen LogP contribution in [0.1, 0.15) is 21.6 Å². The summed E-state index contributed by atoms with van der Waals surface area (Å²) in [4.78, 5) is 33.3. The second-order valence-electron chi connectivity index (χ2n) is 8.56. The second kappa shape index (κ2) is 9.62. The quantitative estimate of drug-likeness (QED) is 0.246. The Morgan fingerprint density at radius 1 is 1.06 bits per heavy atom. The van der Waals surface area contributed by atoms with Crippen molar-refractivity contribution in [3.63, 3.8) is 0 Å². The third-order valence-electron chi connectivity index (χ3n) is 6.36. The highest BCUT2D eigenvalue weighted by molar-refractivity contribution is 5.95. The molecule has 4 aromatic rings. The van der Waals surface area contributed by atoms with Crippen molar-refractivity contribution in [1.29, 1.82) is 0 Å². The standard InChI is InChI=1S/C25H25FN8O2/c26-19-6-5-15(14-21-16-3-1-2-4-17(16)24(35)32-31-21)13-18(19)25(36)34-11-9-33(10-12-34)22-8-7-20(30-28)23(27)29-22/h1-8,13,30H,9-12,14,28H2,(H2,27,29)(H,32,35). The Kier molecular flexibility index (Phi) is 6.21. The molecule has 0 unspecified atom stereocenters. The number of anilines is 3. The number of H-pyrrole nitrogens is 1. The van der Waals surface area contributed by atoms with Gasteiger partial charge in [0.05, 0.1) is 22.3 Å². The van der Waals surface area contributed by atoms with Crippen molar-refractivity contribution >= 4 is 34.0 Å². The summed E-state index contributed by atoms with van der Waals surface area (Å²) in [6.45, 7) is 1.88. The van der Waals surface area contributed by atoms with Gasteiger partial charge >= 0.3 is 0 Å². The Morgan fingerprint density at radius 3 is 2.53 bits per heavy atom. The van der Waals surface area contributed by atoms with Crippen molar-refractivity contribution in [2.24, 2.45) is 5.84 Å². The number of aromatic amines is 1. The molecule has 1 aliphatic heterocycles. The molecule has 0 radical (unpaired) electrons. The summed E-state index contributed by atoms with van der Waals surface area (Å²) in [5, 5.41) is 7.95. The minimum Gasteiger partial charge on any atom is -0.382 e. The molecule has 1 amide bonds. The fraction of sp³-hybridized carbons (Fsp3) is 0.200. The van der Waals surface area contributed by atoms with Gasteiger partial charge in [-0.25, -0.2) is 14.5 Å². The fourth-order valence-electron chi connectivity index (χ4n) is 4.42. The van der Waals surface area contributed by atoms with Gasteiger partial charge in [-0.2, -0.15) is 5.10 Å². The molecule has 11 heteroatoms. The molecule has 10 nitrogen and oxygen atoms in total. The first-order valence-corrected chi connectivity index (χ1v) is 11.5. The summed E-state index contributed by atoms with van der Waals surface area (Å²) in [5.41, 5.74) is 10.0. The summed E-state index contributed by atoms with van der Waals surface area (Å²) in [6.07, 6.45) is 0.340. The normalized spacial score (nSPS) is 13.7. The number of hydrazine groups is 1. The molecule has 2 aromatic heterocycles. The van der Waals surface area contributed by atoms with Crippen LogP contribution in [0.4, 0.5) is 21.7 Å². The first kappa shape index (κ1) is 23.2. The maximum Gasteiger partial charge on any atom is 0.272 e. The van der Waals surface area contributed by atoms with Crippen LogP contribution in [0.2, 0.25) is 0 Å². The molecule has 5 rings (SSSR count). The molecule has 0 atom stereocenters. The number of piperazine rings is 1. The summed E-state index contributed by atoms with van der Waals surface area (Å²) in [6, 6.07) is 15.2. The van der Waals surface area contributed by atoms with Gasteiger partial charge in [0.2, 0.25) is 0 Å². The van der Waals surface area contributed by atoms with Gasteiger partial charge in [0.15, 0.2) is 5.82 Å². The van der Waals surface area contributed by atoms with Crippen molar-refractivity contribution in [3.8, 4) is 0 Å². The second-order valence-corrected chi connectivity index (χ2v) is 8.56. The van der Waals surface area contributed by atoms with Crippen LogP contribution in [0, 0.1) is 5.82 Å². The van der Waals surface area contributed by atoms with Gasteiger partial charge in [0.1, 0.15) is 11.6 Å². The number of nitrogen functional groups attached to an aromatic ring is 2. The third kappa shape index (κ3) is 4.43. The number of carbonyl (C=O) groups is 1. The van der Waals surface area contributed by atoms with E-state index >= 15 is 0 Å². The first-order valence-electron chi connectivity index (χ1n) is 11.5. The van der Waals surface area contributed by atoms with Crippen molar-refractivity contribution in [3.05, 3.63) is 87.6 Å². The van der Waals surface area contributed by atoms with E-state index in [4.69, 9.17) is 11.6 Å². The number of carbonyl (C=O) groups excluding carboxylic acids is 1. The molecule has 2 aromatic carbocycles. The van der Waals surface area contributed by atoms with Gasteiger partial charge in [-0.3, -0.25) is 15.4 Å². The van der Waals surface area contributed by atoms with E-state index < -0.39 is 5.82 Å². The topological polar surface area (TPSA) is 146 Å². The van der Waals surface area contributed by atoms with E-state index in [2.05, 4.69) is 20.6 Å². The van der Waals surface area contributed by atoms with E-state index in [-0.39, 0.29) is 22.8 Å². The smallest absolute Gasteiger partial charge is 0.272 e. The van der Waals surface area contributed by atoms with Gasteiger partial charge in [-0.05, 0) is 35.9 Å². The van der Waals surface area contributed by atoms with E-state index in [0.29, 0.717) is 55.2 Å². The number of aromatic nitrogens is 3. The Labute approximate surface area is 205 Å². The van der Waals surface area contributed by atoms with Crippen LogP contribution in [-0.4, -0.2) is 52.2 Å². The van der Waals surface area contributed by atoms with Crippen molar-refractivity contribution < 1.29 is 9.18 Å². The predicted octanol–water partition coefficient (Wildman–Crippen LogP) is 1.88. The highest BCUT2D eigenvalue weighted by Gasteiger charge is 2.25. The maximum atomic E-state index is 14.7. The number of hydrogen-bond acceptors (Lipinski definition) is 8. The van der Waals surface area contributed by atoms with Crippen molar-refractivity contribution in [2.75, 3.05) is 42.2 Å². The van der Waals surface area contributed by atoms with Crippen LogP contribution in [0.25, 0.3) is 10.8 Å². The Hall–Kier alpha value is -4.51. The number of amides is 1. The summed E-state index contributed by atoms with van der Waals surface area (Å²) >= 11 is 0. The molecule has 1 saturated heterocycles. The highest BCUT2D eigenvalue weighted by atomic mass is 19.1. The van der Waals surface area contributed by atoms with Crippen molar-refractivity contribution in [2.45, 2.75) is 6.42 Å². The number of hydrogen-bond donors (Lipinski definition) is 4. The molecule has 0 saturated carbocycles. The third-order valence-corrected chi connectivity index (χ3v) is 6.36. The van der Waals surface area contributed by atoms with Gasteiger partial charge in [0.25, 0.3) is 11.5 Å². The van der Waals surface area contributed by atoms with Crippen LogP contribution in [0.3, 0.4) is 0 Å². The molecular formula is C25H25FN8O2. The van der Waals surface area contributed by atoms with Gasteiger partial charge in [-0.15, -0.1) is 0 Å². The summed E-state index contributed by atoms with van der Waals surface area (Å²) in [5.74, 6) is 5.43. The molecular weight excluding hydrogens is 463 g/mol. The van der Waals surface area contributed by atoms with Crippen LogP contribution in [0.15, 0.2) is 59.4 Å². The number of nitrogens with zero attached hydrogens (tertiary/aromatic N) is 4. The van der Waals surface area contributed by atoms with Crippen LogP contribution >= 0.6 is 0 Å². The molecule has 1 aliphatic rings. The number of fused-ring (bicyclic) bond motifs is 1. The molecule has 0 aliphatic carbocycles. The van der Waals surface area contributed by atoms with Crippen LogP contribution in [-0.2, 0) is 6.42 Å². The zero-order valence-electron chi connectivity index (χ0n) is 19.4. The molecule has 36 heavy (non-hydrogen) atoms. The van der Waals surface area contributed by atoms with Crippen LogP contribution in [0.5, 0.6) is 0 Å².